The van der Waals surface area contributed by atoms with Crippen molar-refractivity contribution in [2.45, 2.75) is 34.6 Å². The van der Waals surface area contributed by atoms with Crippen molar-refractivity contribution in [2.75, 3.05) is 0 Å². The number of hydrogen-bond donors (Lipinski definition) is 0. The molecule has 6 aromatic carbocycles. The second-order valence-corrected chi connectivity index (χ2v) is 12.2. The highest BCUT2D eigenvalue weighted by Crippen LogP contribution is 2.48. The van der Waals surface area contributed by atoms with Crippen LogP contribution in [0.1, 0.15) is 51.3 Å². The van der Waals surface area contributed by atoms with Gasteiger partial charge in [0.25, 0.3) is 0 Å². The third-order valence-electron chi connectivity index (χ3n) is 8.60. The average molecular weight is 613 g/mol. The van der Waals surface area contributed by atoms with Crippen LogP contribution >= 0.6 is 11.3 Å². The van der Waals surface area contributed by atoms with Gasteiger partial charge in [0, 0.05) is 25.7 Å². The summed E-state index contributed by atoms with van der Waals surface area (Å²) in [5, 5.41) is 7.76. The van der Waals surface area contributed by atoms with Gasteiger partial charge >= 0.3 is 0 Å². The van der Waals surface area contributed by atoms with Gasteiger partial charge in [-0.1, -0.05) is 136 Å². The lowest BCUT2D eigenvalue weighted by molar-refractivity contribution is 1.50. The highest BCUT2D eigenvalue weighted by Gasteiger charge is 2.21. The van der Waals surface area contributed by atoms with Crippen LogP contribution in [-0.4, -0.2) is 0 Å². The molecule has 0 saturated heterocycles. The lowest BCUT2D eigenvalue weighted by Crippen LogP contribution is -1.93. The maximum Gasteiger partial charge on any atom is 0.0446 e. The molecule has 0 unspecified atom stereocenters. The molecule has 7 aromatic rings. The number of thiophene rings is 1. The molecule has 7 rings (SSSR count). The Bertz CT molecular complexity index is 2320. The minimum atomic E-state index is 1.15. The van der Waals surface area contributed by atoms with E-state index in [0.717, 1.165) is 5.56 Å². The van der Waals surface area contributed by atoms with Crippen molar-refractivity contribution >= 4 is 70.8 Å². The second-order valence-electron chi connectivity index (χ2n) is 11.2. The van der Waals surface area contributed by atoms with Crippen LogP contribution in [0.25, 0.3) is 81.7 Å². The number of allylic oxidation sites excluding steroid dienone is 5. The monoisotopic (exact) mass is 612 g/mol. The molecule has 0 atom stereocenters. The van der Waals surface area contributed by atoms with Gasteiger partial charge in [-0.2, -0.15) is 0 Å². The molecule has 0 nitrogen and oxygen atoms in total. The van der Waals surface area contributed by atoms with Crippen LogP contribution in [0.3, 0.4) is 0 Å². The van der Waals surface area contributed by atoms with E-state index >= 15 is 0 Å². The zero-order valence-electron chi connectivity index (χ0n) is 27.4. The maximum absolute atomic E-state index is 3.99. The summed E-state index contributed by atoms with van der Waals surface area (Å²) in [6.07, 6.45) is 12.8. The van der Waals surface area contributed by atoms with Crippen LogP contribution in [0.2, 0.25) is 0 Å². The molecule has 0 aliphatic carbocycles. The predicted molar refractivity (Wildman–Crippen MR) is 210 cm³/mol. The first kappa shape index (κ1) is 31.0. The number of benzene rings is 6. The fourth-order valence-corrected chi connectivity index (χ4v) is 7.87. The Morgan fingerprint density at radius 3 is 1.96 bits per heavy atom. The van der Waals surface area contributed by atoms with Crippen molar-refractivity contribution in [1.29, 1.82) is 0 Å². The molecule has 1 heteroatoms. The van der Waals surface area contributed by atoms with E-state index < -0.39 is 0 Å². The van der Waals surface area contributed by atoms with Gasteiger partial charge in [0.1, 0.15) is 0 Å². The third-order valence-corrected chi connectivity index (χ3v) is 9.79. The molecule has 0 radical (unpaired) electrons. The van der Waals surface area contributed by atoms with Gasteiger partial charge in [0.15, 0.2) is 0 Å². The molecule has 0 saturated carbocycles. The zero-order chi connectivity index (χ0) is 32.2. The first-order valence-corrected chi connectivity index (χ1v) is 17.1. The standard InChI is InChI=1S/C43H34S.C2H6/c1-5-13-29(8-4)41-40(36-15-9-10-16-37(36)42-38-17-11-12-18-39(38)44-43(41)42)35-24-23-33-26-32(21-22-34(33)27-35)31-20-19-28(7-3)30(25-31)14-6-2;1-2/h5-27H,3H2,1-2,4H3;1-2H3/b13-5-,14-6-,29-8+;. The van der Waals surface area contributed by atoms with Crippen LogP contribution in [-0.2, 0) is 0 Å². The fraction of sp³-hybridized carbons (Fsp3) is 0.111. The lowest BCUT2D eigenvalue weighted by Gasteiger charge is -2.18. The lowest BCUT2D eigenvalue weighted by atomic mass is 9.86. The van der Waals surface area contributed by atoms with Crippen molar-refractivity contribution in [3.63, 3.8) is 0 Å². The quantitative estimate of drug-likeness (QED) is 0.164. The van der Waals surface area contributed by atoms with E-state index in [2.05, 4.69) is 161 Å². The Balaban J connectivity index is 0.00000182. The number of hydrogen-bond acceptors (Lipinski definition) is 1. The molecule has 0 bridgehead atoms. The fourth-order valence-electron chi connectivity index (χ4n) is 6.58. The van der Waals surface area contributed by atoms with Gasteiger partial charge in [-0.05, 0) is 106 Å². The van der Waals surface area contributed by atoms with Crippen LogP contribution in [0.4, 0.5) is 0 Å². The summed E-state index contributed by atoms with van der Waals surface area (Å²) in [4.78, 5) is 0. The topological polar surface area (TPSA) is 0 Å². The smallest absolute Gasteiger partial charge is 0.0446 e. The normalized spacial score (nSPS) is 12.1. The van der Waals surface area contributed by atoms with Crippen molar-refractivity contribution in [3.8, 4) is 22.3 Å². The molecule has 0 aliphatic heterocycles. The first-order valence-electron chi connectivity index (χ1n) is 16.2. The van der Waals surface area contributed by atoms with Crippen LogP contribution in [0.5, 0.6) is 0 Å². The van der Waals surface area contributed by atoms with E-state index in [-0.39, 0.29) is 0 Å². The summed E-state index contributed by atoms with van der Waals surface area (Å²) in [5.41, 5.74) is 9.87. The minimum Gasteiger partial charge on any atom is -0.134 e. The Morgan fingerprint density at radius 2 is 1.26 bits per heavy atom. The van der Waals surface area contributed by atoms with Gasteiger partial charge in [-0.25, -0.2) is 0 Å². The summed E-state index contributed by atoms with van der Waals surface area (Å²) < 4.78 is 2.67. The van der Waals surface area contributed by atoms with Crippen LogP contribution in [0, 0.1) is 0 Å². The first-order chi connectivity index (χ1) is 22.6. The largest absolute Gasteiger partial charge is 0.134 e. The molecular formula is C45H40S. The highest BCUT2D eigenvalue weighted by molar-refractivity contribution is 7.26. The summed E-state index contributed by atoms with van der Waals surface area (Å²) >= 11 is 1.91. The summed E-state index contributed by atoms with van der Waals surface area (Å²) in [6.45, 7) is 14.3. The Kier molecular flexibility index (Phi) is 9.15. The Hall–Kier alpha value is -4.98. The molecule has 0 amide bonds. The molecule has 0 N–H and O–H groups in total. The molecule has 0 spiro atoms. The third kappa shape index (κ3) is 5.42. The summed E-state index contributed by atoms with van der Waals surface area (Å²) in [5.74, 6) is 0. The van der Waals surface area contributed by atoms with E-state index in [9.17, 15) is 0 Å². The van der Waals surface area contributed by atoms with Crippen molar-refractivity contribution in [3.05, 3.63) is 151 Å². The summed E-state index contributed by atoms with van der Waals surface area (Å²) in [7, 11) is 0. The Morgan fingerprint density at radius 1 is 0.630 bits per heavy atom. The van der Waals surface area contributed by atoms with Crippen molar-refractivity contribution in [1.82, 2.24) is 0 Å². The number of rotatable bonds is 6. The van der Waals surface area contributed by atoms with E-state index in [4.69, 9.17) is 0 Å². The Labute approximate surface area is 277 Å². The van der Waals surface area contributed by atoms with E-state index in [1.165, 1.54) is 80.7 Å². The minimum absolute atomic E-state index is 1.15. The molecule has 0 aliphatic rings. The molecule has 226 valence electrons. The van der Waals surface area contributed by atoms with Crippen molar-refractivity contribution in [2.24, 2.45) is 0 Å². The maximum atomic E-state index is 3.99. The van der Waals surface area contributed by atoms with Gasteiger partial charge in [-0.15, -0.1) is 11.3 Å². The predicted octanol–water partition coefficient (Wildman–Crippen LogP) is 14.4. The van der Waals surface area contributed by atoms with E-state index in [0.29, 0.717) is 0 Å². The van der Waals surface area contributed by atoms with Gasteiger partial charge in [0.05, 0.1) is 0 Å². The van der Waals surface area contributed by atoms with E-state index in [1.54, 1.807) is 0 Å². The highest BCUT2D eigenvalue weighted by atomic mass is 32.1. The van der Waals surface area contributed by atoms with Crippen LogP contribution in [0.15, 0.2) is 134 Å². The SMILES string of the molecule is C=Cc1ccc(-c2ccc3cc(-c4c(C(/C=C\C)=C/C)c5sc6ccccc6c5c5ccccc45)ccc3c2)cc1/C=C\C.CC. The van der Waals surface area contributed by atoms with Crippen LogP contribution < -0.4 is 0 Å². The summed E-state index contributed by atoms with van der Waals surface area (Å²) in [6, 6.07) is 38.2. The molecular weight excluding hydrogens is 573 g/mol. The molecule has 0 fully saturated rings. The van der Waals surface area contributed by atoms with Gasteiger partial charge < -0.3 is 0 Å². The van der Waals surface area contributed by atoms with E-state index in [1.807, 2.05) is 31.3 Å². The van der Waals surface area contributed by atoms with Gasteiger partial charge in [0.2, 0.25) is 0 Å². The van der Waals surface area contributed by atoms with Gasteiger partial charge in [-0.3, -0.25) is 0 Å². The molecule has 46 heavy (non-hydrogen) atoms. The number of fused-ring (bicyclic) bond motifs is 6. The molecule has 1 aromatic heterocycles. The zero-order valence-corrected chi connectivity index (χ0v) is 28.2. The molecule has 1 heterocycles. The average Bonchev–Trinajstić information content (AvgIpc) is 3.50. The van der Waals surface area contributed by atoms with Crippen molar-refractivity contribution < 1.29 is 0 Å². The second kappa shape index (κ2) is 13.6.